The molecule has 1 aromatic heterocycles. The third kappa shape index (κ3) is 5.18. The largest absolute Gasteiger partial charge is 0.496 e. The fraction of sp³-hybridized carbons (Fsp3) is 0.227. The van der Waals surface area contributed by atoms with Crippen LogP contribution >= 0.6 is 0 Å². The van der Waals surface area contributed by atoms with E-state index in [1.807, 2.05) is 0 Å². The molecule has 2 amide bonds. The van der Waals surface area contributed by atoms with Crippen LogP contribution in [0.2, 0.25) is 0 Å². The van der Waals surface area contributed by atoms with Crippen LogP contribution < -0.4 is 21.5 Å². The number of nitrogens with one attached hydrogen (secondary N) is 1. The fourth-order valence-electron chi connectivity index (χ4n) is 3.29. The van der Waals surface area contributed by atoms with Gasteiger partial charge in [0.25, 0.3) is 11.8 Å². The number of carbonyl (C=O) groups is 2. The second-order valence-electron chi connectivity index (χ2n) is 7.47. The van der Waals surface area contributed by atoms with Crippen molar-refractivity contribution in [3.05, 3.63) is 64.7 Å². The monoisotopic (exact) mass is 497 g/mol. The van der Waals surface area contributed by atoms with E-state index in [4.69, 9.17) is 16.2 Å². The number of carbonyl (C=O) groups excluding carboxylic acids is 2. The van der Waals surface area contributed by atoms with Crippen molar-refractivity contribution < 1.29 is 36.3 Å². The van der Waals surface area contributed by atoms with E-state index >= 15 is 0 Å². The summed E-state index contributed by atoms with van der Waals surface area (Å²) in [6.07, 6.45) is -4.72. The topological polar surface area (TPSA) is 125 Å². The Morgan fingerprint density at radius 2 is 1.86 bits per heavy atom. The molecule has 3 rings (SSSR count). The van der Waals surface area contributed by atoms with Crippen molar-refractivity contribution in [1.29, 1.82) is 0 Å². The molecule has 1 unspecified atom stereocenters. The van der Waals surface area contributed by atoms with Crippen molar-refractivity contribution in [3.8, 4) is 17.0 Å². The molecule has 0 aliphatic carbocycles. The number of hydrogen-bond donors (Lipinski definition) is 3. The molecule has 0 spiro atoms. The number of amides is 2. The number of anilines is 1. The van der Waals surface area contributed by atoms with Crippen molar-refractivity contribution in [2.45, 2.75) is 25.7 Å². The summed E-state index contributed by atoms with van der Waals surface area (Å²) in [7, 11) is 1.30. The van der Waals surface area contributed by atoms with Crippen LogP contribution in [0.4, 0.5) is 27.8 Å². The van der Waals surface area contributed by atoms with Crippen molar-refractivity contribution in [2.75, 3.05) is 12.8 Å². The summed E-state index contributed by atoms with van der Waals surface area (Å²) in [5.41, 5.74) is 10.0. The Hall–Kier alpha value is -4.16. The molecule has 186 valence electrons. The quantitative estimate of drug-likeness (QED) is 0.431. The summed E-state index contributed by atoms with van der Waals surface area (Å²) in [5.74, 6) is -3.90. The second-order valence-corrected chi connectivity index (χ2v) is 7.47. The number of methoxy groups -OCH3 is 1. The number of alkyl halides is 3. The normalized spacial score (nSPS) is 12.3. The third-order valence-electron chi connectivity index (χ3n) is 5.21. The van der Waals surface area contributed by atoms with Gasteiger partial charge in [-0.1, -0.05) is 12.1 Å². The SMILES string of the molecule is COc1ccc(F)cc1C(=O)NCc1ccc(-c2nn(C(C)C(F)(F)F)c(N)c2C(N)=O)cc1F. The highest BCUT2D eigenvalue weighted by Gasteiger charge is 2.40. The molecule has 1 heterocycles. The second kappa shape index (κ2) is 9.60. The first kappa shape index (κ1) is 25.5. The number of rotatable bonds is 7. The predicted molar refractivity (Wildman–Crippen MR) is 115 cm³/mol. The molecule has 5 N–H and O–H groups in total. The van der Waals surface area contributed by atoms with Gasteiger partial charge in [-0.15, -0.1) is 0 Å². The van der Waals surface area contributed by atoms with Crippen molar-refractivity contribution in [2.24, 2.45) is 5.73 Å². The van der Waals surface area contributed by atoms with Crippen molar-refractivity contribution >= 4 is 17.6 Å². The number of hydrogen-bond acceptors (Lipinski definition) is 5. The molecule has 0 saturated heterocycles. The number of benzene rings is 2. The molecule has 13 heteroatoms. The van der Waals surface area contributed by atoms with Gasteiger partial charge >= 0.3 is 6.18 Å². The number of ether oxygens (including phenoxy) is 1. The Morgan fingerprint density at radius 1 is 1.17 bits per heavy atom. The first-order valence-corrected chi connectivity index (χ1v) is 10.00. The van der Waals surface area contributed by atoms with E-state index in [0.717, 1.165) is 25.1 Å². The summed E-state index contributed by atoms with van der Waals surface area (Å²) >= 11 is 0. The van der Waals surface area contributed by atoms with Crippen LogP contribution in [0.25, 0.3) is 11.3 Å². The first-order valence-electron chi connectivity index (χ1n) is 10.00. The number of primary amides is 1. The highest BCUT2D eigenvalue weighted by molar-refractivity contribution is 6.03. The minimum atomic E-state index is -4.72. The molecule has 2 aromatic carbocycles. The lowest BCUT2D eigenvalue weighted by Crippen LogP contribution is -2.26. The number of nitrogen functional groups attached to an aromatic ring is 1. The zero-order valence-electron chi connectivity index (χ0n) is 18.4. The molecular formula is C22H20F5N5O3. The van der Waals surface area contributed by atoms with E-state index in [9.17, 15) is 31.5 Å². The fourth-order valence-corrected chi connectivity index (χ4v) is 3.29. The minimum absolute atomic E-state index is 0.00541. The maximum atomic E-state index is 14.8. The minimum Gasteiger partial charge on any atom is -0.496 e. The summed E-state index contributed by atoms with van der Waals surface area (Å²) < 4.78 is 73.2. The number of halogens is 5. The van der Waals surface area contributed by atoms with Gasteiger partial charge in [0.1, 0.15) is 40.5 Å². The van der Waals surface area contributed by atoms with Gasteiger partial charge in [-0.25, -0.2) is 13.5 Å². The Kier molecular flexibility index (Phi) is 6.99. The molecule has 35 heavy (non-hydrogen) atoms. The van der Waals surface area contributed by atoms with Gasteiger partial charge in [0, 0.05) is 17.7 Å². The molecule has 1 atom stereocenters. The Balaban J connectivity index is 1.89. The Morgan fingerprint density at radius 3 is 2.43 bits per heavy atom. The van der Waals surface area contributed by atoms with Gasteiger partial charge in [0.2, 0.25) is 0 Å². The lowest BCUT2D eigenvalue weighted by Gasteiger charge is -2.17. The summed E-state index contributed by atoms with van der Waals surface area (Å²) in [6, 6.07) is 4.60. The number of nitrogens with two attached hydrogens (primary N) is 2. The van der Waals surface area contributed by atoms with Gasteiger partial charge in [-0.05, 0) is 31.2 Å². The van der Waals surface area contributed by atoms with Crippen LogP contribution in [-0.2, 0) is 6.54 Å². The van der Waals surface area contributed by atoms with Crippen LogP contribution in [0.15, 0.2) is 36.4 Å². The van der Waals surface area contributed by atoms with Gasteiger partial charge in [0.05, 0.1) is 12.7 Å². The average Bonchev–Trinajstić information content (AvgIpc) is 3.13. The molecule has 0 bridgehead atoms. The summed E-state index contributed by atoms with van der Waals surface area (Å²) in [6.45, 7) is 0.479. The van der Waals surface area contributed by atoms with E-state index in [-0.39, 0.29) is 34.7 Å². The molecular weight excluding hydrogens is 477 g/mol. The maximum absolute atomic E-state index is 14.8. The molecule has 0 aliphatic rings. The molecule has 8 nitrogen and oxygen atoms in total. The van der Waals surface area contributed by atoms with E-state index in [0.29, 0.717) is 4.68 Å². The zero-order chi connectivity index (χ0) is 26.1. The van der Waals surface area contributed by atoms with E-state index in [2.05, 4.69) is 10.4 Å². The lowest BCUT2D eigenvalue weighted by atomic mass is 10.0. The first-order chi connectivity index (χ1) is 16.3. The number of nitrogens with zero attached hydrogens (tertiary/aromatic N) is 2. The van der Waals surface area contributed by atoms with Gasteiger partial charge in [-0.2, -0.15) is 18.3 Å². The Labute approximate surface area is 195 Å². The van der Waals surface area contributed by atoms with Crippen LogP contribution in [-0.4, -0.2) is 34.9 Å². The van der Waals surface area contributed by atoms with Gasteiger partial charge in [0.15, 0.2) is 0 Å². The lowest BCUT2D eigenvalue weighted by molar-refractivity contribution is -0.164. The van der Waals surface area contributed by atoms with E-state index in [1.165, 1.54) is 25.3 Å². The molecule has 3 aromatic rings. The van der Waals surface area contributed by atoms with Crippen molar-refractivity contribution in [3.63, 3.8) is 0 Å². The van der Waals surface area contributed by atoms with Crippen molar-refractivity contribution in [1.82, 2.24) is 15.1 Å². The van der Waals surface area contributed by atoms with E-state index in [1.54, 1.807) is 0 Å². The molecule has 0 aliphatic heterocycles. The maximum Gasteiger partial charge on any atom is 0.410 e. The van der Waals surface area contributed by atoms with Crippen LogP contribution in [0.5, 0.6) is 5.75 Å². The predicted octanol–water partition coefficient (Wildman–Crippen LogP) is 3.57. The van der Waals surface area contributed by atoms with E-state index < -0.39 is 47.0 Å². The van der Waals surface area contributed by atoms with Crippen LogP contribution in [0, 0.1) is 11.6 Å². The average molecular weight is 497 g/mol. The standard InChI is InChI=1S/C22H20F5N5O3/c1-10(22(25,26)27)32-19(28)17(20(29)33)18(31-32)11-3-4-12(15(24)7-11)9-30-21(34)14-8-13(23)5-6-16(14)35-2/h3-8,10H,9,28H2,1-2H3,(H2,29,33)(H,30,34). The molecule has 0 radical (unpaired) electrons. The molecule has 0 fully saturated rings. The highest BCUT2D eigenvalue weighted by atomic mass is 19.4. The molecule has 0 saturated carbocycles. The van der Waals surface area contributed by atoms with Gasteiger partial charge in [-0.3, -0.25) is 9.59 Å². The van der Waals surface area contributed by atoms with Crippen LogP contribution in [0.3, 0.4) is 0 Å². The summed E-state index contributed by atoms with van der Waals surface area (Å²) in [5, 5.41) is 6.19. The van der Waals surface area contributed by atoms with Crippen LogP contribution in [0.1, 0.15) is 39.2 Å². The number of aromatic nitrogens is 2. The Bertz CT molecular complexity index is 1290. The highest BCUT2D eigenvalue weighted by Crippen LogP contribution is 2.36. The summed E-state index contributed by atoms with van der Waals surface area (Å²) in [4.78, 5) is 24.3. The zero-order valence-corrected chi connectivity index (χ0v) is 18.4. The van der Waals surface area contributed by atoms with Gasteiger partial charge < -0.3 is 21.5 Å². The smallest absolute Gasteiger partial charge is 0.410 e. The third-order valence-corrected chi connectivity index (χ3v) is 5.21.